The van der Waals surface area contributed by atoms with E-state index in [9.17, 15) is 14.4 Å². The molecule has 0 unspecified atom stereocenters. The summed E-state index contributed by atoms with van der Waals surface area (Å²) in [5.74, 6) is -0.569. The fourth-order valence-electron chi connectivity index (χ4n) is 3.43. The number of thiophene rings is 1. The summed E-state index contributed by atoms with van der Waals surface area (Å²) in [5.41, 5.74) is 8.37. The lowest BCUT2D eigenvalue weighted by Gasteiger charge is -2.27. The number of cyclic esters (lactones) is 1. The Hall–Kier alpha value is -2.91. The normalized spacial score (nSPS) is 19.8. The van der Waals surface area contributed by atoms with Gasteiger partial charge in [0, 0.05) is 23.5 Å². The topological polar surface area (TPSA) is 102 Å². The molecule has 146 valence electrons. The molecular weight excluding hydrogens is 382 g/mol. The van der Waals surface area contributed by atoms with Gasteiger partial charge in [0.2, 0.25) is 0 Å². The molecule has 2 aliphatic heterocycles. The Kier molecular flexibility index (Phi) is 4.78. The number of rotatable bonds is 4. The highest BCUT2D eigenvalue weighted by Gasteiger charge is 2.35. The van der Waals surface area contributed by atoms with E-state index in [4.69, 9.17) is 15.2 Å². The van der Waals surface area contributed by atoms with E-state index in [1.165, 1.54) is 16.2 Å². The Morgan fingerprint density at radius 3 is 2.46 bits per heavy atom. The van der Waals surface area contributed by atoms with Crippen molar-refractivity contribution in [1.82, 2.24) is 0 Å². The van der Waals surface area contributed by atoms with Gasteiger partial charge in [-0.1, -0.05) is 0 Å². The van der Waals surface area contributed by atoms with Crippen molar-refractivity contribution in [2.75, 3.05) is 36.1 Å². The maximum atomic E-state index is 12.4. The van der Waals surface area contributed by atoms with Gasteiger partial charge in [-0.2, -0.15) is 0 Å². The summed E-state index contributed by atoms with van der Waals surface area (Å²) < 4.78 is 10.7. The lowest BCUT2D eigenvalue weighted by atomic mass is 10.1. The van der Waals surface area contributed by atoms with Gasteiger partial charge in [-0.15, -0.1) is 11.3 Å². The monoisotopic (exact) mass is 401 g/mol. The molecule has 8 nitrogen and oxygen atoms in total. The van der Waals surface area contributed by atoms with Gasteiger partial charge in [-0.25, -0.2) is 4.79 Å². The number of carbonyl (C=O) groups is 3. The van der Waals surface area contributed by atoms with Gasteiger partial charge < -0.3 is 20.1 Å². The molecule has 0 saturated carbocycles. The zero-order valence-corrected chi connectivity index (χ0v) is 16.0. The number of morpholine rings is 1. The van der Waals surface area contributed by atoms with Crippen molar-refractivity contribution < 1.29 is 23.9 Å². The molecule has 1 atom stereocenters. The Labute approximate surface area is 165 Å². The predicted octanol–water partition coefficient (Wildman–Crippen LogP) is 2.22. The highest BCUT2D eigenvalue weighted by atomic mass is 32.1. The van der Waals surface area contributed by atoms with E-state index in [2.05, 4.69) is 0 Å². The van der Waals surface area contributed by atoms with Crippen molar-refractivity contribution in [3.05, 3.63) is 45.6 Å². The maximum Gasteiger partial charge on any atom is 0.415 e. The van der Waals surface area contributed by atoms with Crippen molar-refractivity contribution in [2.45, 2.75) is 13.0 Å². The zero-order chi connectivity index (χ0) is 19.8. The van der Waals surface area contributed by atoms with Crippen LogP contribution < -0.4 is 15.5 Å². The van der Waals surface area contributed by atoms with E-state index in [1.54, 1.807) is 36.1 Å². The number of primary amides is 1. The molecule has 3 amide bonds. The van der Waals surface area contributed by atoms with Crippen LogP contribution in [-0.4, -0.2) is 44.2 Å². The van der Waals surface area contributed by atoms with Crippen LogP contribution in [0.1, 0.15) is 26.9 Å². The second kappa shape index (κ2) is 7.25. The SMILES string of the molecule is Cc1c([C@H]2CN(c3ccc(N4CCOCC4=O)cc3)C(=O)O2)csc1C(N)=O. The van der Waals surface area contributed by atoms with Crippen molar-refractivity contribution in [3.63, 3.8) is 0 Å². The van der Waals surface area contributed by atoms with Gasteiger partial charge in [-0.05, 0) is 42.1 Å². The van der Waals surface area contributed by atoms with Gasteiger partial charge in [0.15, 0.2) is 0 Å². The molecular formula is C19H19N3O5S. The van der Waals surface area contributed by atoms with Gasteiger partial charge >= 0.3 is 6.09 Å². The van der Waals surface area contributed by atoms with E-state index in [0.717, 1.165) is 16.8 Å². The molecule has 2 fully saturated rings. The maximum absolute atomic E-state index is 12.4. The molecule has 2 N–H and O–H groups in total. The summed E-state index contributed by atoms with van der Waals surface area (Å²) in [5, 5.41) is 1.81. The number of ether oxygens (including phenoxy) is 2. The second-order valence-corrected chi connectivity index (χ2v) is 7.49. The number of nitrogens with two attached hydrogens (primary N) is 1. The molecule has 3 heterocycles. The van der Waals surface area contributed by atoms with Crippen molar-refractivity contribution >= 4 is 40.6 Å². The molecule has 28 heavy (non-hydrogen) atoms. The minimum Gasteiger partial charge on any atom is -0.439 e. The van der Waals surface area contributed by atoms with Crippen molar-refractivity contribution in [3.8, 4) is 0 Å². The Morgan fingerprint density at radius 2 is 1.86 bits per heavy atom. The average molecular weight is 401 g/mol. The Balaban J connectivity index is 1.51. The smallest absolute Gasteiger partial charge is 0.415 e. The van der Waals surface area contributed by atoms with Crippen LogP contribution in [0.5, 0.6) is 0 Å². The van der Waals surface area contributed by atoms with Crippen LogP contribution in [0, 0.1) is 6.92 Å². The van der Waals surface area contributed by atoms with Crippen LogP contribution in [0.25, 0.3) is 0 Å². The van der Waals surface area contributed by atoms with Crippen LogP contribution in [0.2, 0.25) is 0 Å². The molecule has 4 rings (SSSR count). The third kappa shape index (κ3) is 3.23. The molecule has 2 saturated heterocycles. The van der Waals surface area contributed by atoms with Gasteiger partial charge in [0.1, 0.15) is 12.7 Å². The lowest BCUT2D eigenvalue weighted by molar-refractivity contribution is -0.125. The first-order chi connectivity index (χ1) is 13.5. The molecule has 1 aromatic heterocycles. The number of carbonyl (C=O) groups excluding carboxylic acids is 3. The van der Waals surface area contributed by atoms with Crippen LogP contribution in [0.15, 0.2) is 29.6 Å². The molecule has 0 radical (unpaired) electrons. The number of hydrogen-bond acceptors (Lipinski definition) is 6. The standard InChI is InChI=1S/C19H19N3O5S/c1-11-14(10-28-17(11)18(20)24)15-8-22(19(25)27-15)13-4-2-12(3-5-13)21-6-7-26-9-16(21)23/h2-5,10,15H,6-9H2,1H3,(H2,20,24)/t15-/m1/s1. The summed E-state index contributed by atoms with van der Waals surface area (Å²) >= 11 is 1.26. The summed E-state index contributed by atoms with van der Waals surface area (Å²) in [7, 11) is 0. The first kappa shape index (κ1) is 18.5. The molecule has 0 bridgehead atoms. The largest absolute Gasteiger partial charge is 0.439 e. The van der Waals surface area contributed by atoms with Gasteiger partial charge in [0.25, 0.3) is 11.8 Å². The zero-order valence-electron chi connectivity index (χ0n) is 15.2. The van der Waals surface area contributed by atoms with Crippen LogP contribution in [0.3, 0.4) is 0 Å². The average Bonchev–Trinajstić information content (AvgIpc) is 3.25. The summed E-state index contributed by atoms with van der Waals surface area (Å²) in [6.45, 7) is 3.22. The summed E-state index contributed by atoms with van der Waals surface area (Å²) in [6, 6.07) is 7.19. The Morgan fingerprint density at radius 1 is 1.18 bits per heavy atom. The minimum absolute atomic E-state index is 0.0785. The number of amides is 3. The summed E-state index contributed by atoms with van der Waals surface area (Å²) in [6.07, 6.45) is -0.913. The van der Waals surface area contributed by atoms with Crippen LogP contribution in [0.4, 0.5) is 16.2 Å². The quantitative estimate of drug-likeness (QED) is 0.846. The fraction of sp³-hybridized carbons (Fsp3) is 0.316. The molecule has 2 aromatic rings. The molecule has 0 aliphatic carbocycles. The number of anilines is 2. The first-order valence-electron chi connectivity index (χ1n) is 8.80. The number of benzene rings is 1. The minimum atomic E-state index is -0.483. The molecule has 0 spiro atoms. The van der Waals surface area contributed by atoms with E-state index >= 15 is 0 Å². The Bertz CT molecular complexity index is 940. The first-order valence-corrected chi connectivity index (χ1v) is 9.68. The van der Waals surface area contributed by atoms with Crippen LogP contribution in [-0.2, 0) is 14.3 Å². The molecule has 2 aliphatic rings. The predicted molar refractivity (Wildman–Crippen MR) is 104 cm³/mol. The van der Waals surface area contributed by atoms with Gasteiger partial charge in [-0.3, -0.25) is 14.5 Å². The van der Waals surface area contributed by atoms with E-state index in [-0.39, 0.29) is 12.5 Å². The van der Waals surface area contributed by atoms with Gasteiger partial charge in [0.05, 0.1) is 18.0 Å². The highest BCUT2D eigenvalue weighted by Crippen LogP contribution is 2.35. The molecule has 9 heteroatoms. The third-order valence-corrected chi connectivity index (χ3v) is 6.03. The highest BCUT2D eigenvalue weighted by molar-refractivity contribution is 7.12. The van der Waals surface area contributed by atoms with Crippen molar-refractivity contribution in [1.29, 1.82) is 0 Å². The third-order valence-electron chi connectivity index (χ3n) is 4.92. The number of nitrogens with zero attached hydrogens (tertiary/aromatic N) is 2. The summed E-state index contributed by atoms with van der Waals surface area (Å²) in [4.78, 5) is 39.5. The van der Waals surface area contributed by atoms with E-state index in [1.807, 2.05) is 5.38 Å². The van der Waals surface area contributed by atoms with E-state index in [0.29, 0.717) is 30.3 Å². The lowest BCUT2D eigenvalue weighted by Crippen LogP contribution is -2.41. The molecule has 1 aromatic carbocycles. The fourth-order valence-corrected chi connectivity index (χ4v) is 4.41. The van der Waals surface area contributed by atoms with Crippen molar-refractivity contribution in [2.24, 2.45) is 5.73 Å². The number of hydrogen-bond donors (Lipinski definition) is 1. The van der Waals surface area contributed by atoms with Crippen LogP contribution >= 0.6 is 11.3 Å². The van der Waals surface area contributed by atoms with E-state index < -0.39 is 18.1 Å². The second-order valence-electron chi connectivity index (χ2n) is 6.61.